The molecule has 0 radical (unpaired) electrons. The Balaban J connectivity index is 1.41. The first kappa shape index (κ1) is 20.6. The standard InChI is InChI=1S/C23H20F3N3O3/c24-23(25,26)16-6-7-18-15(10-16)11-17(12-32-18)27-22(30)20-21(14-4-2-1-3-5-14)29-8-9-31-13-19(29)28-20/h1-7,10,17H,8-9,11-13H2,(H,27,30). The number of ether oxygens (including phenoxy) is 2. The molecule has 0 spiro atoms. The third-order valence-corrected chi connectivity index (χ3v) is 5.63. The summed E-state index contributed by atoms with van der Waals surface area (Å²) in [6.45, 7) is 1.59. The maximum absolute atomic E-state index is 13.2. The minimum atomic E-state index is -4.44. The van der Waals surface area contributed by atoms with E-state index in [0.29, 0.717) is 42.6 Å². The van der Waals surface area contributed by atoms with Gasteiger partial charge in [-0.3, -0.25) is 4.79 Å². The van der Waals surface area contributed by atoms with E-state index in [1.807, 2.05) is 34.9 Å². The van der Waals surface area contributed by atoms with Crippen molar-refractivity contribution in [2.24, 2.45) is 0 Å². The lowest BCUT2D eigenvalue weighted by atomic mass is 9.99. The van der Waals surface area contributed by atoms with Crippen LogP contribution in [-0.2, 0) is 30.5 Å². The Morgan fingerprint density at radius 3 is 2.75 bits per heavy atom. The number of aromatic nitrogens is 2. The van der Waals surface area contributed by atoms with E-state index in [9.17, 15) is 18.0 Å². The number of alkyl halides is 3. The molecule has 3 aromatic rings. The number of carbonyl (C=O) groups excluding carboxylic acids is 1. The van der Waals surface area contributed by atoms with Gasteiger partial charge in [0.15, 0.2) is 5.69 Å². The fraction of sp³-hybridized carbons (Fsp3) is 0.304. The highest BCUT2D eigenvalue weighted by Crippen LogP contribution is 2.34. The molecule has 9 heteroatoms. The van der Waals surface area contributed by atoms with E-state index in [4.69, 9.17) is 9.47 Å². The van der Waals surface area contributed by atoms with Crippen molar-refractivity contribution in [1.82, 2.24) is 14.9 Å². The van der Waals surface area contributed by atoms with E-state index in [2.05, 4.69) is 10.3 Å². The molecule has 6 nitrogen and oxygen atoms in total. The van der Waals surface area contributed by atoms with Crippen molar-refractivity contribution in [3.05, 3.63) is 71.2 Å². The van der Waals surface area contributed by atoms with Gasteiger partial charge in [-0.05, 0) is 30.2 Å². The molecule has 0 saturated heterocycles. The van der Waals surface area contributed by atoms with Gasteiger partial charge in [-0.15, -0.1) is 0 Å². The van der Waals surface area contributed by atoms with Gasteiger partial charge in [-0.25, -0.2) is 4.98 Å². The number of benzene rings is 2. The second-order valence-electron chi connectivity index (χ2n) is 7.80. The number of halogens is 3. The summed E-state index contributed by atoms with van der Waals surface area (Å²) >= 11 is 0. The van der Waals surface area contributed by atoms with Crippen molar-refractivity contribution in [3.8, 4) is 17.0 Å². The van der Waals surface area contributed by atoms with Crippen molar-refractivity contribution in [3.63, 3.8) is 0 Å². The maximum Gasteiger partial charge on any atom is 0.416 e. The lowest BCUT2D eigenvalue weighted by molar-refractivity contribution is -0.137. The molecular weight excluding hydrogens is 423 g/mol. The van der Waals surface area contributed by atoms with Gasteiger partial charge in [0.25, 0.3) is 5.91 Å². The van der Waals surface area contributed by atoms with E-state index in [1.54, 1.807) is 0 Å². The molecule has 0 saturated carbocycles. The summed E-state index contributed by atoms with van der Waals surface area (Å²) in [6, 6.07) is 12.4. The summed E-state index contributed by atoms with van der Waals surface area (Å²) in [5, 5.41) is 2.89. The van der Waals surface area contributed by atoms with E-state index in [-0.39, 0.29) is 18.7 Å². The molecule has 32 heavy (non-hydrogen) atoms. The number of carbonyl (C=O) groups is 1. The summed E-state index contributed by atoms with van der Waals surface area (Å²) < 4.78 is 52.3. The lowest BCUT2D eigenvalue weighted by Crippen LogP contribution is -2.43. The Morgan fingerprint density at radius 1 is 1.16 bits per heavy atom. The Kier molecular flexibility index (Phi) is 5.13. The summed E-state index contributed by atoms with van der Waals surface area (Å²) in [5.41, 5.74) is 1.51. The van der Waals surface area contributed by atoms with Crippen molar-refractivity contribution in [2.75, 3.05) is 13.2 Å². The Bertz CT molecular complexity index is 1160. The van der Waals surface area contributed by atoms with Crippen LogP contribution in [0.3, 0.4) is 0 Å². The van der Waals surface area contributed by atoms with Gasteiger partial charge in [0.05, 0.1) is 23.9 Å². The molecule has 2 aliphatic rings. The second-order valence-corrected chi connectivity index (χ2v) is 7.80. The molecule has 0 aliphatic carbocycles. The lowest BCUT2D eigenvalue weighted by Gasteiger charge is -2.26. The number of hydrogen-bond acceptors (Lipinski definition) is 4. The average Bonchev–Trinajstić information content (AvgIpc) is 3.18. The van der Waals surface area contributed by atoms with E-state index < -0.39 is 23.7 Å². The van der Waals surface area contributed by atoms with Gasteiger partial charge in [0.2, 0.25) is 0 Å². The van der Waals surface area contributed by atoms with Gasteiger partial charge in [0, 0.05) is 12.1 Å². The van der Waals surface area contributed by atoms with Crippen LogP contribution in [0.4, 0.5) is 13.2 Å². The average molecular weight is 443 g/mol. The zero-order chi connectivity index (χ0) is 22.3. The van der Waals surface area contributed by atoms with Crippen LogP contribution in [-0.4, -0.2) is 34.7 Å². The molecule has 5 rings (SSSR count). The fourth-order valence-corrected chi connectivity index (χ4v) is 4.13. The highest BCUT2D eigenvalue weighted by Gasteiger charge is 2.33. The number of hydrogen-bond donors (Lipinski definition) is 1. The molecule has 2 aliphatic heterocycles. The highest BCUT2D eigenvalue weighted by molar-refractivity contribution is 5.98. The third-order valence-electron chi connectivity index (χ3n) is 5.63. The molecule has 1 N–H and O–H groups in total. The zero-order valence-electron chi connectivity index (χ0n) is 17.0. The summed E-state index contributed by atoms with van der Waals surface area (Å²) in [5.74, 6) is 0.679. The topological polar surface area (TPSA) is 65.4 Å². The predicted octanol–water partition coefficient (Wildman–Crippen LogP) is 3.83. The molecule has 1 unspecified atom stereocenters. The van der Waals surface area contributed by atoms with E-state index >= 15 is 0 Å². The van der Waals surface area contributed by atoms with Crippen molar-refractivity contribution >= 4 is 5.91 Å². The van der Waals surface area contributed by atoms with Gasteiger partial charge < -0.3 is 19.4 Å². The van der Waals surface area contributed by atoms with Gasteiger partial charge >= 0.3 is 6.18 Å². The summed E-state index contributed by atoms with van der Waals surface area (Å²) in [6.07, 6.45) is -4.20. The van der Waals surface area contributed by atoms with Crippen LogP contribution < -0.4 is 10.1 Å². The van der Waals surface area contributed by atoms with Gasteiger partial charge in [-0.2, -0.15) is 13.2 Å². The second kappa shape index (κ2) is 7.98. The van der Waals surface area contributed by atoms with Crippen LogP contribution in [0.25, 0.3) is 11.3 Å². The van der Waals surface area contributed by atoms with Crippen molar-refractivity contribution in [2.45, 2.75) is 31.8 Å². The number of amides is 1. The smallest absolute Gasteiger partial charge is 0.416 e. The summed E-state index contributed by atoms with van der Waals surface area (Å²) in [4.78, 5) is 17.7. The Morgan fingerprint density at radius 2 is 1.97 bits per heavy atom. The first-order chi connectivity index (χ1) is 15.4. The molecule has 166 valence electrons. The van der Waals surface area contributed by atoms with E-state index in [1.165, 1.54) is 6.07 Å². The highest BCUT2D eigenvalue weighted by atomic mass is 19.4. The van der Waals surface area contributed by atoms with Crippen molar-refractivity contribution in [1.29, 1.82) is 0 Å². The molecule has 1 amide bonds. The van der Waals surface area contributed by atoms with E-state index in [0.717, 1.165) is 17.7 Å². The SMILES string of the molecule is O=C(NC1COc2ccc(C(F)(F)F)cc2C1)c1nc2n(c1-c1ccccc1)CCOC2. The summed E-state index contributed by atoms with van der Waals surface area (Å²) in [7, 11) is 0. The van der Waals surface area contributed by atoms with Crippen LogP contribution in [0.15, 0.2) is 48.5 Å². The molecule has 3 heterocycles. The number of imidazole rings is 1. The van der Waals surface area contributed by atoms with Gasteiger partial charge in [-0.1, -0.05) is 30.3 Å². The first-order valence-corrected chi connectivity index (χ1v) is 10.3. The zero-order valence-corrected chi connectivity index (χ0v) is 17.0. The Hall–Kier alpha value is -3.33. The minimum Gasteiger partial charge on any atom is -0.491 e. The van der Waals surface area contributed by atoms with Crippen molar-refractivity contribution < 1.29 is 27.4 Å². The van der Waals surface area contributed by atoms with Crippen LogP contribution in [0.2, 0.25) is 0 Å². The van der Waals surface area contributed by atoms with Gasteiger partial charge in [0.1, 0.15) is 24.8 Å². The normalized spacial score (nSPS) is 17.8. The monoisotopic (exact) mass is 443 g/mol. The van der Waals surface area contributed by atoms with Crippen LogP contribution in [0.1, 0.15) is 27.4 Å². The Labute approximate surface area is 182 Å². The molecular formula is C23H20F3N3O3. The van der Waals surface area contributed by atoms with Crippen LogP contribution >= 0.6 is 0 Å². The molecule has 1 aromatic heterocycles. The predicted molar refractivity (Wildman–Crippen MR) is 109 cm³/mol. The minimum absolute atomic E-state index is 0.168. The first-order valence-electron chi connectivity index (χ1n) is 10.3. The molecule has 0 bridgehead atoms. The molecule has 1 atom stereocenters. The fourth-order valence-electron chi connectivity index (χ4n) is 4.13. The number of nitrogens with zero attached hydrogens (tertiary/aromatic N) is 2. The largest absolute Gasteiger partial charge is 0.491 e. The number of rotatable bonds is 3. The number of nitrogens with one attached hydrogen (secondary N) is 1. The van der Waals surface area contributed by atoms with Crippen LogP contribution in [0.5, 0.6) is 5.75 Å². The molecule has 2 aromatic carbocycles. The number of fused-ring (bicyclic) bond motifs is 2. The third kappa shape index (κ3) is 3.84. The quantitative estimate of drug-likeness (QED) is 0.668. The van der Waals surface area contributed by atoms with Crippen LogP contribution in [0, 0.1) is 0 Å². The molecule has 0 fully saturated rings. The maximum atomic E-state index is 13.2.